The van der Waals surface area contributed by atoms with E-state index in [2.05, 4.69) is 24.1 Å². The Morgan fingerprint density at radius 3 is 2.69 bits per heavy atom. The van der Waals surface area contributed by atoms with Crippen LogP contribution >= 0.6 is 12.2 Å². The molecule has 0 fully saturated rings. The number of hydrogen-bond donors (Lipinski definition) is 0. The van der Waals surface area contributed by atoms with E-state index in [1.165, 1.54) is 5.56 Å². The third-order valence-electron chi connectivity index (χ3n) is 4.11. The van der Waals surface area contributed by atoms with Gasteiger partial charge in [-0.15, -0.1) is 5.10 Å². The monoisotopic (exact) mass is 372 g/mol. The van der Waals surface area contributed by atoms with E-state index in [0.717, 1.165) is 25.4 Å². The molecule has 0 N–H and O–H groups in total. The highest BCUT2D eigenvalue weighted by Gasteiger charge is 2.16. The number of aromatic nitrogens is 3. The lowest BCUT2D eigenvalue weighted by molar-refractivity contribution is 0.168. The summed E-state index contributed by atoms with van der Waals surface area (Å²) in [7, 11) is 3.77. The second kappa shape index (κ2) is 8.93. The van der Waals surface area contributed by atoms with Crippen molar-refractivity contribution < 1.29 is 9.15 Å². The molecule has 26 heavy (non-hydrogen) atoms. The van der Waals surface area contributed by atoms with E-state index in [0.29, 0.717) is 23.7 Å². The van der Waals surface area contributed by atoms with E-state index in [-0.39, 0.29) is 0 Å². The molecule has 0 aliphatic rings. The molecule has 0 radical (unpaired) electrons. The molecule has 6 nitrogen and oxygen atoms in total. The molecule has 0 bridgehead atoms. The zero-order valence-corrected chi connectivity index (χ0v) is 16.0. The predicted molar refractivity (Wildman–Crippen MR) is 103 cm³/mol. The van der Waals surface area contributed by atoms with Crippen LogP contribution < -0.4 is 0 Å². The second-order valence-electron chi connectivity index (χ2n) is 6.22. The molecule has 2 aromatic heterocycles. The van der Waals surface area contributed by atoms with Crippen LogP contribution in [0.4, 0.5) is 0 Å². The summed E-state index contributed by atoms with van der Waals surface area (Å²) in [5.74, 6) is 1.46. The molecule has 0 atom stereocenters. The number of benzene rings is 1. The minimum Gasteiger partial charge on any atom is -0.461 e. The van der Waals surface area contributed by atoms with E-state index in [4.69, 9.17) is 26.5 Å². The number of methoxy groups -OCH3 is 1. The maximum absolute atomic E-state index is 5.71. The predicted octanol–water partition coefficient (Wildman–Crippen LogP) is 3.65. The first-order valence-corrected chi connectivity index (χ1v) is 9.03. The van der Waals surface area contributed by atoms with Gasteiger partial charge < -0.3 is 9.15 Å². The van der Waals surface area contributed by atoms with Crippen LogP contribution in [0.25, 0.3) is 11.6 Å². The quantitative estimate of drug-likeness (QED) is 0.424. The summed E-state index contributed by atoms with van der Waals surface area (Å²) >= 11 is 5.71. The van der Waals surface area contributed by atoms with Gasteiger partial charge in [0.1, 0.15) is 0 Å². The lowest BCUT2D eigenvalue weighted by Gasteiger charge is -2.15. The lowest BCUT2D eigenvalue weighted by atomic mass is 10.2. The van der Waals surface area contributed by atoms with Crippen molar-refractivity contribution in [3.63, 3.8) is 0 Å². The van der Waals surface area contributed by atoms with Crippen molar-refractivity contribution in [2.75, 3.05) is 27.3 Å². The number of hydrogen-bond acceptors (Lipinski definition) is 5. The van der Waals surface area contributed by atoms with Crippen LogP contribution in [0.3, 0.4) is 0 Å². The minimum atomic E-state index is 0.623. The molecule has 0 unspecified atom stereocenters. The van der Waals surface area contributed by atoms with Crippen LogP contribution in [-0.4, -0.2) is 46.6 Å². The molecule has 2 heterocycles. The summed E-state index contributed by atoms with van der Waals surface area (Å²) in [6.07, 6.45) is 2.62. The molecule has 3 aromatic rings. The molecule has 3 rings (SSSR count). The number of ether oxygens (including phenoxy) is 1. The Morgan fingerprint density at radius 1 is 1.19 bits per heavy atom. The van der Waals surface area contributed by atoms with Gasteiger partial charge in [0.25, 0.3) is 0 Å². The average Bonchev–Trinajstić information content (AvgIpc) is 3.27. The van der Waals surface area contributed by atoms with Gasteiger partial charge >= 0.3 is 0 Å². The Kier molecular flexibility index (Phi) is 6.38. The molecular formula is C19H24N4O2S. The molecule has 138 valence electrons. The largest absolute Gasteiger partial charge is 0.461 e. The van der Waals surface area contributed by atoms with Crippen LogP contribution in [0.1, 0.15) is 12.0 Å². The van der Waals surface area contributed by atoms with E-state index in [9.17, 15) is 0 Å². The normalized spacial score (nSPS) is 11.3. The van der Waals surface area contributed by atoms with Crippen molar-refractivity contribution in [3.05, 3.63) is 59.1 Å². The molecule has 0 amide bonds. The first kappa shape index (κ1) is 18.6. The van der Waals surface area contributed by atoms with Crippen molar-refractivity contribution in [1.29, 1.82) is 0 Å². The molecule has 0 aliphatic carbocycles. The highest BCUT2D eigenvalue weighted by Crippen LogP contribution is 2.20. The highest BCUT2D eigenvalue weighted by molar-refractivity contribution is 7.71. The molecule has 0 aliphatic heterocycles. The number of rotatable bonds is 9. The first-order valence-electron chi connectivity index (χ1n) is 8.62. The zero-order valence-electron chi connectivity index (χ0n) is 15.2. The average molecular weight is 372 g/mol. The number of furan rings is 1. The summed E-state index contributed by atoms with van der Waals surface area (Å²) in [6.45, 7) is 2.94. The van der Waals surface area contributed by atoms with Gasteiger partial charge in [0.15, 0.2) is 16.4 Å². The van der Waals surface area contributed by atoms with E-state index < -0.39 is 0 Å². The Hall–Kier alpha value is -2.22. The number of nitrogens with zero attached hydrogens (tertiary/aromatic N) is 4. The Bertz CT molecular complexity index is 856. The Balaban J connectivity index is 1.87. The van der Waals surface area contributed by atoms with Crippen LogP contribution in [0, 0.1) is 4.77 Å². The maximum Gasteiger partial charge on any atom is 0.199 e. The van der Waals surface area contributed by atoms with E-state index >= 15 is 0 Å². The molecule has 7 heteroatoms. The molecule has 0 saturated heterocycles. The van der Waals surface area contributed by atoms with Crippen LogP contribution in [0.15, 0.2) is 53.1 Å². The van der Waals surface area contributed by atoms with Crippen LogP contribution in [-0.2, 0) is 18.0 Å². The van der Waals surface area contributed by atoms with Crippen molar-refractivity contribution in [2.45, 2.75) is 19.6 Å². The van der Waals surface area contributed by atoms with Gasteiger partial charge in [0, 0.05) is 20.3 Å². The fraction of sp³-hybridized carbons (Fsp3) is 0.368. The molecular weight excluding hydrogens is 348 g/mol. The Morgan fingerprint density at radius 2 is 2.00 bits per heavy atom. The maximum atomic E-state index is 5.71. The summed E-state index contributed by atoms with van der Waals surface area (Å²) < 4.78 is 15.2. The zero-order chi connectivity index (χ0) is 18.4. The fourth-order valence-electron chi connectivity index (χ4n) is 2.81. The van der Waals surface area contributed by atoms with Gasteiger partial charge in [-0.2, -0.15) is 0 Å². The van der Waals surface area contributed by atoms with Crippen molar-refractivity contribution >= 4 is 12.2 Å². The van der Waals surface area contributed by atoms with E-state index in [1.54, 1.807) is 13.4 Å². The second-order valence-corrected chi connectivity index (χ2v) is 6.59. The van der Waals surface area contributed by atoms with Gasteiger partial charge in [-0.1, -0.05) is 30.3 Å². The molecule has 1 aromatic carbocycles. The van der Waals surface area contributed by atoms with Gasteiger partial charge in [-0.05, 0) is 43.4 Å². The molecule has 0 spiro atoms. The fourth-order valence-corrected chi connectivity index (χ4v) is 3.06. The molecule has 0 saturated carbocycles. The van der Waals surface area contributed by atoms with Crippen molar-refractivity contribution in [1.82, 2.24) is 19.2 Å². The van der Waals surface area contributed by atoms with Gasteiger partial charge in [-0.25, -0.2) is 4.68 Å². The van der Waals surface area contributed by atoms with Crippen LogP contribution in [0.2, 0.25) is 0 Å². The third kappa shape index (κ3) is 4.49. The lowest BCUT2D eigenvalue weighted by Crippen LogP contribution is -2.24. The minimum absolute atomic E-state index is 0.623. The Labute approximate surface area is 158 Å². The third-order valence-corrected chi connectivity index (χ3v) is 4.54. The summed E-state index contributed by atoms with van der Waals surface area (Å²) in [5.41, 5.74) is 1.17. The highest BCUT2D eigenvalue weighted by atomic mass is 32.1. The van der Waals surface area contributed by atoms with Crippen LogP contribution in [0.5, 0.6) is 0 Å². The standard InChI is InChI=1S/C19H24N4O2S/c1-21(11-7-12-24-2)15-23-19(26)22(14-16-8-4-3-5-9-16)18(20-23)17-10-6-13-25-17/h3-6,8-10,13H,7,11-12,14-15H2,1-2H3. The van der Waals surface area contributed by atoms with Crippen molar-refractivity contribution in [2.24, 2.45) is 0 Å². The topological polar surface area (TPSA) is 48.4 Å². The van der Waals surface area contributed by atoms with E-state index in [1.807, 2.05) is 39.6 Å². The van der Waals surface area contributed by atoms with Crippen molar-refractivity contribution in [3.8, 4) is 11.6 Å². The smallest absolute Gasteiger partial charge is 0.199 e. The first-order chi connectivity index (χ1) is 12.7. The summed E-state index contributed by atoms with van der Waals surface area (Å²) in [4.78, 5) is 2.18. The SMILES string of the molecule is COCCCN(C)Cn1nc(-c2ccco2)n(Cc2ccccc2)c1=S. The van der Waals surface area contributed by atoms with Gasteiger partial charge in [0.05, 0.1) is 19.5 Å². The summed E-state index contributed by atoms with van der Waals surface area (Å²) in [6, 6.07) is 14.0. The van der Waals surface area contributed by atoms with Gasteiger partial charge in [0.2, 0.25) is 0 Å². The summed E-state index contributed by atoms with van der Waals surface area (Å²) in [5, 5.41) is 4.73. The van der Waals surface area contributed by atoms with Gasteiger partial charge in [-0.3, -0.25) is 9.47 Å².